The second-order valence-electron chi connectivity index (χ2n) is 2.47. The van der Waals surface area contributed by atoms with Crippen LogP contribution in [0.25, 0.3) is 11.3 Å². The standard InChI is InChI=1S/C9H6N2O2/c12-6-8-4-9(11-13-8)7-2-1-3-10-5-7/h1-6H. The normalized spacial score (nSPS) is 9.85. The second-order valence-corrected chi connectivity index (χ2v) is 2.47. The third-order valence-electron chi connectivity index (χ3n) is 1.60. The van der Waals surface area contributed by atoms with Gasteiger partial charge in [0.2, 0.25) is 0 Å². The van der Waals surface area contributed by atoms with Crippen LogP contribution in [0.3, 0.4) is 0 Å². The Morgan fingerprint density at radius 2 is 2.38 bits per heavy atom. The minimum absolute atomic E-state index is 0.221. The third-order valence-corrected chi connectivity index (χ3v) is 1.60. The molecule has 0 fully saturated rings. The van der Waals surface area contributed by atoms with Crippen molar-refractivity contribution in [3.63, 3.8) is 0 Å². The minimum Gasteiger partial charge on any atom is -0.353 e. The molecule has 4 heteroatoms. The third kappa shape index (κ3) is 1.46. The van der Waals surface area contributed by atoms with Gasteiger partial charge in [-0.1, -0.05) is 5.16 Å². The number of pyridine rings is 1. The van der Waals surface area contributed by atoms with Crippen molar-refractivity contribution in [2.75, 3.05) is 0 Å². The zero-order valence-corrected chi connectivity index (χ0v) is 6.68. The lowest BCUT2D eigenvalue weighted by Gasteiger charge is -1.90. The highest BCUT2D eigenvalue weighted by Crippen LogP contribution is 2.16. The summed E-state index contributed by atoms with van der Waals surface area (Å²) in [5, 5.41) is 3.71. The van der Waals surface area contributed by atoms with Crippen LogP contribution < -0.4 is 0 Å². The van der Waals surface area contributed by atoms with Gasteiger partial charge in [-0.15, -0.1) is 0 Å². The lowest BCUT2D eigenvalue weighted by Crippen LogP contribution is -1.77. The molecule has 0 aromatic carbocycles. The molecule has 0 radical (unpaired) electrons. The largest absolute Gasteiger partial charge is 0.353 e. The van der Waals surface area contributed by atoms with E-state index < -0.39 is 0 Å². The number of carbonyl (C=O) groups is 1. The van der Waals surface area contributed by atoms with Crippen LogP contribution in [0.15, 0.2) is 35.1 Å². The van der Waals surface area contributed by atoms with Crippen molar-refractivity contribution in [2.45, 2.75) is 0 Å². The molecule has 2 heterocycles. The smallest absolute Gasteiger partial charge is 0.199 e. The SMILES string of the molecule is O=Cc1cc(-c2cccnc2)no1. The Labute approximate surface area is 74.2 Å². The van der Waals surface area contributed by atoms with Gasteiger partial charge in [-0.3, -0.25) is 9.78 Å². The molecule has 0 N–H and O–H groups in total. The lowest BCUT2D eigenvalue weighted by molar-refractivity contribution is 0.109. The number of carbonyl (C=O) groups excluding carboxylic acids is 1. The van der Waals surface area contributed by atoms with E-state index >= 15 is 0 Å². The molecule has 0 spiro atoms. The average molecular weight is 174 g/mol. The topological polar surface area (TPSA) is 56.0 Å². The minimum atomic E-state index is 0.221. The van der Waals surface area contributed by atoms with Gasteiger partial charge in [0.05, 0.1) is 0 Å². The van der Waals surface area contributed by atoms with Gasteiger partial charge in [0.25, 0.3) is 0 Å². The molecule has 0 unspecified atom stereocenters. The van der Waals surface area contributed by atoms with Gasteiger partial charge >= 0.3 is 0 Å². The molecule has 13 heavy (non-hydrogen) atoms. The number of aromatic nitrogens is 2. The zero-order valence-electron chi connectivity index (χ0n) is 6.68. The molecular weight excluding hydrogens is 168 g/mol. The van der Waals surface area contributed by atoms with E-state index in [0.29, 0.717) is 12.0 Å². The highest BCUT2D eigenvalue weighted by atomic mass is 16.5. The van der Waals surface area contributed by atoms with Crippen molar-refractivity contribution in [3.8, 4) is 11.3 Å². The predicted octanol–water partition coefficient (Wildman–Crippen LogP) is 1.55. The van der Waals surface area contributed by atoms with Crippen molar-refractivity contribution in [1.82, 2.24) is 10.1 Å². The molecule has 0 bridgehead atoms. The molecule has 0 saturated carbocycles. The van der Waals surface area contributed by atoms with Crippen LogP contribution in [0.2, 0.25) is 0 Å². The maximum Gasteiger partial charge on any atom is 0.199 e. The van der Waals surface area contributed by atoms with Crippen molar-refractivity contribution in [2.24, 2.45) is 0 Å². The van der Waals surface area contributed by atoms with Crippen molar-refractivity contribution >= 4 is 6.29 Å². The zero-order chi connectivity index (χ0) is 9.10. The summed E-state index contributed by atoms with van der Waals surface area (Å²) >= 11 is 0. The molecule has 0 amide bonds. The van der Waals surface area contributed by atoms with Crippen LogP contribution in [-0.4, -0.2) is 16.4 Å². The van der Waals surface area contributed by atoms with E-state index in [9.17, 15) is 4.79 Å². The molecule has 0 aliphatic heterocycles. The van der Waals surface area contributed by atoms with Gasteiger partial charge in [0.1, 0.15) is 5.69 Å². The molecule has 0 saturated heterocycles. The van der Waals surface area contributed by atoms with Crippen molar-refractivity contribution in [1.29, 1.82) is 0 Å². The summed E-state index contributed by atoms with van der Waals surface area (Å²) in [5.41, 5.74) is 1.45. The van der Waals surface area contributed by atoms with E-state index in [4.69, 9.17) is 4.52 Å². The average Bonchev–Trinajstić information content (AvgIpc) is 2.67. The van der Waals surface area contributed by atoms with Crippen LogP contribution in [0.5, 0.6) is 0 Å². The van der Waals surface area contributed by atoms with E-state index in [-0.39, 0.29) is 5.76 Å². The number of rotatable bonds is 2. The monoisotopic (exact) mass is 174 g/mol. The summed E-state index contributed by atoms with van der Waals surface area (Å²) in [6.07, 6.45) is 3.95. The second kappa shape index (κ2) is 3.18. The lowest BCUT2D eigenvalue weighted by atomic mass is 10.2. The molecule has 2 rings (SSSR count). The van der Waals surface area contributed by atoms with Crippen LogP contribution in [-0.2, 0) is 0 Å². The Hall–Kier alpha value is -1.97. The summed E-state index contributed by atoms with van der Waals surface area (Å²) in [6.45, 7) is 0. The number of aldehydes is 1. The van der Waals surface area contributed by atoms with Gasteiger partial charge < -0.3 is 4.52 Å². The van der Waals surface area contributed by atoms with Crippen LogP contribution >= 0.6 is 0 Å². The fourth-order valence-electron chi connectivity index (χ4n) is 0.995. The highest BCUT2D eigenvalue weighted by Gasteiger charge is 2.04. The molecule has 64 valence electrons. The number of hydrogen-bond donors (Lipinski definition) is 0. The van der Waals surface area contributed by atoms with E-state index in [2.05, 4.69) is 10.1 Å². The Balaban J connectivity index is 2.41. The highest BCUT2D eigenvalue weighted by molar-refractivity contribution is 5.73. The first kappa shape index (κ1) is 7.67. The first-order valence-corrected chi connectivity index (χ1v) is 3.72. The fraction of sp³-hybridized carbons (Fsp3) is 0. The van der Waals surface area contributed by atoms with E-state index in [1.807, 2.05) is 6.07 Å². The molecular formula is C9H6N2O2. The quantitative estimate of drug-likeness (QED) is 0.648. The fourth-order valence-corrected chi connectivity index (χ4v) is 0.995. The van der Waals surface area contributed by atoms with E-state index in [0.717, 1.165) is 5.56 Å². The van der Waals surface area contributed by atoms with Crippen LogP contribution in [0, 0.1) is 0 Å². The Morgan fingerprint density at radius 3 is 3.00 bits per heavy atom. The summed E-state index contributed by atoms with van der Waals surface area (Å²) in [6, 6.07) is 5.22. The molecule has 0 aliphatic carbocycles. The number of nitrogens with zero attached hydrogens (tertiary/aromatic N) is 2. The van der Waals surface area contributed by atoms with Gasteiger partial charge in [0.15, 0.2) is 12.0 Å². The van der Waals surface area contributed by atoms with Crippen molar-refractivity contribution in [3.05, 3.63) is 36.4 Å². The molecule has 0 atom stereocenters. The first-order valence-electron chi connectivity index (χ1n) is 3.72. The molecule has 4 nitrogen and oxygen atoms in total. The predicted molar refractivity (Wildman–Crippen MR) is 45.1 cm³/mol. The van der Waals surface area contributed by atoms with Crippen molar-refractivity contribution < 1.29 is 9.32 Å². The summed E-state index contributed by atoms with van der Waals surface area (Å²) in [7, 11) is 0. The molecule has 0 aliphatic rings. The Kier molecular flexibility index (Phi) is 1.88. The first-order chi connectivity index (χ1) is 6.40. The maximum atomic E-state index is 10.3. The van der Waals surface area contributed by atoms with Crippen LogP contribution in [0.4, 0.5) is 0 Å². The van der Waals surface area contributed by atoms with Crippen LogP contribution in [0.1, 0.15) is 10.6 Å². The summed E-state index contributed by atoms with van der Waals surface area (Å²) in [4.78, 5) is 14.2. The van der Waals surface area contributed by atoms with Gasteiger partial charge in [-0.2, -0.15) is 0 Å². The van der Waals surface area contributed by atoms with Gasteiger partial charge in [0, 0.05) is 24.0 Å². The molecule has 2 aromatic heterocycles. The summed E-state index contributed by atoms with van der Waals surface area (Å²) in [5.74, 6) is 0.221. The Bertz CT molecular complexity index is 409. The maximum absolute atomic E-state index is 10.3. The summed E-state index contributed by atoms with van der Waals surface area (Å²) < 4.78 is 4.72. The van der Waals surface area contributed by atoms with Gasteiger partial charge in [-0.25, -0.2) is 0 Å². The van der Waals surface area contributed by atoms with Gasteiger partial charge in [-0.05, 0) is 12.1 Å². The number of hydrogen-bond acceptors (Lipinski definition) is 4. The van der Waals surface area contributed by atoms with E-state index in [1.165, 1.54) is 0 Å². The Morgan fingerprint density at radius 1 is 1.46 bits per heavy atom. The molecule has 2 aromatic rings. The van der Waals surface area contributed by atoms with E-state index in [1.54, 1.807) is 24.5 Å².